The first-order valence-electron chi connectivity index (χ1n) is 4.03. The number of ether oxygens (including phenoxy) is 1. The Kier molecular flexibility index (Phi) is 4.37. The molecule has 0 fully saturated rings. The van der Waals surface area contributed by atoms with E-state index in [1.807, 2.05) is 0 Å². The van der Waals surface area contributed by atoms with E-state index in [-0.39, 0.29) is 17.5 Å². The van der Waals surface area contributed by atoms with Crippen LogP contribution in [0.4, 0.5) is 8.78 Å². The maximum Gasteiger partial charge on any atom is 0.310 e. The molecule has 0 saturated carbocycles. The lowest BCUT2D eigenvalue weighted by Gasteiger charge is -2.08. The van der Waals surface area contributed by atoms with Crippen molar-refractivity contribution in [1.29, 1.82) is 0 Å². The van der Waals surface area contributed by atoms with Gasteiger partial charge in [0.15, 0.2) is 0 Å². The summed E-state index contributed by atoms with van der Waals surface area (Å²) in [6, 6.07) is 0. The van der Waals surface area contributed by atoms with Gasteiger partial charge in [-0.05, 0) is 28.2 Å². The molecule has 0 saturated heterocycles. The van der Waals surface area contributed by atoms with Crippen LogP contribution in [0.15, 0.2) is 12.4 Å². The van der Waals surface area contributed by atoms with Gasteiger partial charge >= 0.3 is 5.97 Å². The van der Waals surface area contributed by atoms with Gasteiger partial charge in [-0.3, -0.25) is 9.78 Å². The van der Waals surface area contributed by atoms with Crippen molar-refractivity contribution in [2.24, 2.45) is 0 Å². The van der Waals surface area contributed by atoms with Crippen LogP contribution in [-0.4, -0.2) is 18.1 Å². The maximum absolute atomic E-state index is 12.7. The van der Waals surface area contributed by atoms with E-state index in [0.717, 1.165) is 0 Å². The fraction of sp³-hybridized carbons (Fsp3) is 0.333. The number of methoxy groups -OCH3 is 1. The van der Waals surface area contributed by atoms with Crippen molar-refractivity contribution in [3.8, 4) is 0 Å². The van der Waals surface area contributed by atoms with Crippen LogP contribution in [0.2, 0.25) is 0 Å². The van der Waals surface area contributed by atoms with E-state index < -0.39 is 12.4 Å². The van der Waals surface area contributed by atoms with Crippen molar-refractivity contribution in [3.63, 3.8) is 0 Å². The number of hydrogen-bond donors (Lipinski definition) is 0. The molecule has 1 rings (SSSR count). The Bertz CT molecular complexity index is 371. The summed E-state index contributed by atoms with van der Waals surface area (Å²) in [6.07, 6.45) is -0.191. The van der Waals surface area contributed by atoms with Crippen LogP contribution < -0.4 is 0 Å². The van der Waals surface area contributed by atoms with Crippen LogP contribution in [-0.2, 0) is 16.0 Å². The molecule has 0 aliphatic carbocycles. The first-order valence-corrected chi connectivity index (χ1v) is 5.11. The molecule has 3 nitrogen and oxygen atoms in total. The van der Waals surface area contributed by atoms with E-state index >= 15 is 0 Å². The van der Waals surface area contributed by atoms with E-state index in [9.17, 15) is 13.6 Å². The number of carbonyl (C=O) groups is 1. The van der Waals surface area contributed by atoms with Gasteiger partial charge in [0, 0.05) is 21.5 Å². The minimum absolute atomic E-state index is 0.143. The summed E-state index contributed by atoms with van der Waals surface area (Å²) in [6.45, 7) is 0. The number of rotatable bonds is 3. The van der Waals surface area contributed by atoms with Crippen LogP contribution in [0.25, 0.3) is 0 Å². The van der Waals surface area contributed by atoms with Gasteiger partial charge in [-0.1, -0.05) is 0 Å². The smallest absolute Gasteiger partial charge is 0.310 e. The van der Waals surface area contributed by atoms with Gasteiger partial charge in [-0.25, -0.2) is 8.78 Å². The standard InChI is InChI=1S/C9H8F2INO2/c1-15-7(14)2-5-3-13-4-6(12)8(5)9(10)11/h3-4,9H,2H2,1H3. The van der Waals surface area contributed by atoms with Gasteiger partial charge in [0.1, 0.15) is 0 Å². The second-order valence-electron chi connectivity index (χ2n) is 2.75. The number of carbonyl (C=O) groups excluding carboxylic acids is 1. The number of pyridine rings is 1. The molecular formula is C9H8F2INO2. The van der Waals surface area contributed by atoms with Crippen LogP contribution in [0, 0.1) is 3.57 Å². The van der Waals surface area contributed by atoms with Crippen LogP contribution in [0.3, 0.4) is 0 Å². The number of hydrogen-bond acceptors (Lipinski definition) is 3. The van der Waals surface area contributed by atoms with Crippen molar-refractivity contribution in [2.75, 3.05) is 7.11 Å². The highest BCUT2D eigenvalue weighted by molar-refractivity contribution is 14.1. The predicted molar refractivity (Wildman–Crippen MR) is 57.6 cm³/mol. The Labute approximate surface area is 99.0 Å². The van der Waals surface area contributed by atoms with Gasteiger partial charge in [-0.15, -0.1) is 0 Å². The Morgan fingerprint density at radius 2 is 2.27 bits per heavy atom. The highest BCUT2D eigenvalue weighted by atomic mass is 127. The van der Waals surface area contributed by atoms with Crippen molar-refractivity contribution in [3.05, 3.63) is 27.1 Å². The molecule has 0 aliphatic heterocycles. The quantitative estimate of drug-likeness (QED) is 0.632. The zero-order valence-electron chi connectivity index (χ0n) is 7.84. The van der Waals surface area contributed by atoms with Gasteiger partial charge in [0.2, 0.25) is 0 Å². The Balaban J connectivity index is 3.06. The van der Waals surface area contributed by atoms with Crippen molar-refractivity contribution in [2.45, 2.75) is 12.8 Å². The molecule has 1 heterocycles. The van der Waals surface area contributed by atoms with Crippen molar-refractivity contribution < 1.29 is 18.3 Å². The third-order valence-electron chi connectivity index (χ3n) is 1.80. The topological polar surface area (TPSA) is 39.2 Å². The summed E-state index contributed by atoms with van der Waals surface area (Å²) in [7, 11) is 1.21. The molecule has 0 atom stereocenters. The fourth-order valence-electron chi connectivity index (χ4n) is 1.10. The maximum atomic E-state index is 12.7. The fourth-order valence-corrected chi connectivity index (χ4v) is 1.84. The summed E-state index contributed by atoms with van der Waals surface area (Å²) in [5.41, 5.74) is 0.0692. The lowest BCUT2D eigenvalue weighted by atomic mass is 10.1. The van der Waals surface area contributed by atoms with Crippen LogP contribution in [0.5, 0.6) is 0 Å². The molecule has 0 aromatic carbocycles. The van der Waals surface area contributed by atoms with E-state index in [4.69, 9.17) is 0 Å². The third-order valence-corrected chi connectivity index (χ3v) is 2.66. The molecule has 0 radical (unpaired) electrons. The van der Waals surface area contributed by atoms with Gasteiger partial charge < -0.3 is 4.74 Å². The minimum atomic E-state index is -2.61. The second kappa shape index (κ2) is 5.34. The molecule has 0 amide bonds. The first kappa shape index (κ1) is 12.3. The predicted octanol–water partition coefficient (Wildman–Crippen LogP) is 2.34. The SMILES string of the molecule is COC(=O)Cc1cncc(I)c1C(F)F. The number of halogens is 3. The average Bonchev–Trinajstić information content (AvgIpc) is 2.17. The molecule has 1 aromatic heterocycles. The lowest BCUT2D eigenvalue weighted by Crippen LogP contribution is -2.08. The van der Waals surface area contributed by atoms with E-state index in [0.29, 0.717) is 3.57 Å². The summed E-state index contributed by atoms with van der Waals surface area (Å²) in [5.74, 6) is -0.555. The molecule has 0 spiro atoms. The normalized spacial score (nSPS) is 10.5. The van der Waals surface area contributed by atoms with Crippen molar-refractivity contribution in [1.82, 2.24) is 4.98 Å². The van der Waals surface area contributed by atoms with Gasteiger partial charge in [-0.2, -0.15) is 0 Å². The number of alkyl halides is 2. The highest BCUT2D eigenvalue weighted by Crippen LogP contribution is 2.27. The van der Waals surface area contributed by atoms with Crippen molar-refractivity contribution >= 4 is 28.6 Å². The second-order valence-corrected chi connectivity index (χ2v) is 3.91. The number of esters is 1. The molecule has 82 valence electrons. The molecule has 0 N–H and O–H groups in total. The molecular weight excluding hydrogens is 319 g/mol. The minimum Gasteiger partial charge on any atom is -0.469 e. The summed E-state index contributed by atoms with van der Waals surface area (Å²) in [4.78, 5) is 14.7. The number of nitrogens with zero attached hydrogens (tertiary/aromatic N) is 1. The van der Waals surface area contributed by atoms with Gasteiger partial charge in [0.05, 0.1) is 13.5 Å². The third kappa shape index (κ3) is 3.08. The van der Waals surface area contributed by atoms with Crippen LogP contribution >= 0.6 is 22.6 Å². The van der Waals surface area contributed by atoms with Crippen LogP contribution in [0.1, 0.15) is 17.6 Å². The Hall–Kier alpha value is -0.790. The van der Waals surface area contributed by atoms with E-state index in [2.05, 4.69) is 9.72 Å². The molecule has 15 heavy (non-hydrogen) atoms. The summed E-state index contributed by atoms with van der Waals surface area (Å²) < 4.78 is 30.1. The van der Waals surface area contributed by atoms with E-state index in [1.165, 1.54) is 19.5 Å². The lowest BCUT2D eigenvalue weighted by molar-refractivity contribution is -0.139. The molecule has 1 aromatic rings. The molecule has 6 heteroatoms. The average molecular weight is 327 g/mol. The Morgan fingerprint density at radius 1 is 1.60 bits per heavy atom. The molecule has 0 bridgehead atoms. The zero-order valence-corrected chi connectivity index (χ0v) is 9.99. The number of aromatic nitrogens is 1. The molecule has 0 aliphatic rings. The highest BCUT2D eigenvalue weighted by Gasteiger charge is 2.18. The largest absolute Gasteiger partial charge is 0.469 e. The molecule has 0 unspecified atom stereocenters. The summed E-state index contributed by atoms with van der Waals surface area (Å²) >= 11 is 1.77. The van der Waals surface area contributed by atoms with E-state index in [1.54, 1.807) is 22.6 Å². The van der Waals surface area contributed by atoms with Gasteiger partial charge in [0.25, 0.3) is 6.43 Å². The Morgan fingerprint density at radius 3 is 2.80 bits per heavy atom. The zero-order chi connectivity index (χ0) is 11.4. The summed E-state index contributed by atoms with van der Waals surface area (Å²) in [5, 5.41) is 0. The monoisotopic (exact) mass is 327 g/mol. The first-order chi connectivity index (χ1) is 7.06.